The number of carbonyl (C=O) groups is 2. The van der Waals surface area contributed by atoms with Gasteiger partial charge in [0.2, 0.25) is 5.91 Å². The second kappa shape index (κ2) is 10.2. The molecular weight excluding hydrogens is 314 g/mol. The number of amides is 2. The van der Waals surface area contributed by atoms with E-state index >= 15 is 0 Å². The summed E-state index contributed by atoms with van der Waals surface area (Å²) in [5.41, 5.74) is 1.40. The van der Waals surface area contributed by atoms with Gasteiger partial charge in [0.1, 0.15) is 6.04 Å². The lowest BCUT2D eigenvalue weighted by Gasteiger charge is -2.29. The first-order valence-corrected chi connectivity index (χ1v) is 9.53. The third kappa shape index (κ3) is 6.86. The summed E-state index contributed by atoms with van der Waals surface area (Å²) in [6, 6.07) is 10.2. The highest BCUT2D eigenvalue weighted by Gasteiger charge is 2.25. The number of likely N-dealkylation sites (tertiary alicyclic amines) is 1. The van der Waals surface area contributed by atoms with Gasteiger partial charge in [-0.25, -0.2) is 0 Å². The molecule has 5 heteroatoms. The smallest absolute Gasteiger partial charge is 0.275 e. The zero-order valence-electron chi connectivity index (χ0n) is 15.5. The summed E-state index contributed by atoms with van der Waals surface area (Å²) in [5, 5.41) is 5.62. The van der Waals surface area contributed by atoms with Crippen molar-refractivity contribution in [3.8, 4) is 0 Å². The molecule has 1 aliphatic heterocycles. The van der Waals surface area contributed by atoms with Crippen molar-refractivity contribution >= 4 is 11.8 Å². The van der Waals surface area contributed by atoms with Crippen LogP contribution in [0, 0.1) is 5.92 Å². The summed E-state index contributed by atoms with van der Waals surface area (Å²) < 4.78 is 0. The molecular formula is C20H32N3O2+. The molecule has 0 spiro atoms. The second-order valence-corrected chi connectivity index (χ2v) is 7.14. The van der Waals surface area contributed by atoms with E-state index in [0.29, 0.717) is 19.0 Å². The van der Waals surface area contributed by atoms with Gasteiger partial charge in [0, 0.05) is 6.54 Å². The first kappa shape index (κ1) is 19.4. The molecule has 0 aliphatic carbocycles. The van der Waals surface area contributed by atoms with E-state index < -0.39 is 6.04 Å². The summed E-state index contributed by atoms with van der Waals surface area (Å²) in [5.74, 6) is 0.579. The van der Waals surface area contributed by atoms with E-state index in [1.54, 1.807) is 6.92 Å². The lowest BCUT2D eigenvalue weighted by Crippen LogP contribution is -3.14. The number of benzene rings is 1. The van der Waals surface area contributed by atoms with Crippen molar-refractivity contribution in [2.45, 2.75) is 45.6 Å². The summed E-state index contributed by atoms with van der Waals surface area (Å²) >= 11 is 0. The minimum absolute atomic E-state index is 0.0318. The minimum Gasteiger partial charge on any atom is -0.354 e. The van der Waals surface area contributed by atoms with E-state index in [1.165, 1.54) is 10.5 Å². The topological polar surface area (TPSA) is 62.6 Å². The fraction of sp³-hybridized carbons (Fsp3) is 0.600. The van der Waals surface area contributed by atoms with Crippen LogP contribution in [-0.4, -0.2) is 44.0 Å². The minimum atomic E-state index is -0.464. The average Bonchev–Trinajstić information content (AvgIpc) is 2.62. The van der Waals surface area contributed by atoms with Crippen LogP contribution in [0.5, 0.6) is 0 Å². The second-order valence-electron chi connectivity index (χ2n) is 7.14. The molecule has 1 aromatic rings. The van der Waals surface area contributed by atoms with E-state index in [1.807, 2.05) is 6.92 Å². The van der Waals surface area contributed by atoms with Crippen molar-refractivity contribution in [3.63, 3.8) is 0 Å². The lowest BCUT2D eigenvalue weighted by molar-refractivity contribution is -0.898. The summed E-state index contributed by atoms with van der Waals surface area (Å²) in [7, 11) is 0. The standard InChI is InChI=1S/C20H31N3O2/c1-3-11-21-20(25)16(2)22-19(24)15-23-12-9-18(10-13-23)14-17-7-5-4-6-8-17/h4-8,16,18H,3,9-15H2,1-2H3,(H,21,25)(H,22,24)/p+1/t16-/m0/s1. The first-order valence-electron chi connectivity index (χ1n) is 9.53. The van der Waals surface area contributed by atoms with Crippen LogP contribution < -0.4 is 15.5 Å². The van der Waals surface area contributed by atoms with E-state index in [4.69, 9.17) is 0 Å². The Morgan fingerprint density at radius 1 is 1.20 bits per heavy atom. The van der Waals surface area contributed by atoms with Gasteiger partial charge < -0.3 is 15.5 Å². The Bertz CT molecular complexity index is 539. The van der Waals surface area contributed by atoms with Crippen LogP contribution in [0.1, 0.15) is 38.7 Å². The maximum Gasteiger partial charge on any atom is 0.275 e. The molecule has 0 radical (unpaired) electrons. The van der Waals surface area contributed by atoms with E-state index in [9.17, 15) is 9.59 Å². The van der Waals surface area contributed by atoms with Gasteiger partial charge in [-0.15, -0.1) is 0 Å². The van der Waals surface area contributed by atoms with Crippen molar-refractivity contribution < 1.29 is 14.5 Å². The molecule has 2 amide bonds. The highest BCUT2D eigenvalue weighted by molar-refractivity contribution is 5.87. The maximum atomic E-state index is 12.2. The Morgan fingerprint density at radius 2 is 1.88 bits per heavy atom. The van der Waals surface area contributed by atoms with E-state index in [2.05, 4.69) is 41.0 Å². The number of hydrogen-bond donors (Lipinski definition) is 3. The highest BCUT2D eigenvalue weighted by Crippen LogP contribution is 2.16. The van der Waals surface area contributed by atoms with Gasteiger partial charge in [0.05, 0.1) is 13.1 Å². The van der Waals surface area contributed by atoms with Gasteiger partial charge in [0.25, 0.3) is 5.91 Å². The van der Waals surface area contributed by atoms with Crippen LogP contribution >= 0.6 is 0 Å². The Labute approximate surface area is 151 Å². The molecule has 1 heterocycles. The summed E-state index contributed by atoms with van der Waals surface area (Å²) in [6.45, 7) is 6.92. The fourth-order valence-corrected chi connectivity index (χ4v) is 3.40. The Balaban J connectivity index is 1.67. The molecule has 0 aromatic heterocycles. The zero-order chi connectivity index (χ0) is 18.1. The molecule has 1 fully saturated rings. The largest absolute Gasteiger partial charge is 0.354 e. The van der Waals surface area contributed by atoms with Gasteiger partial charge >= 0.3 is 0 Å². The third-order valence-electron chi connectivity index (χ3n) is 4.91. The van der Waals surface area contributed by atoms with Gasteiger partial charge in [0.15, 0.2) is 6.54 Å². The number of nitrogens with one attached hydrogen (secondary N) is 3. The average molecular weight is 346 g/mol. The predicted octanol–water partition coefficient (Wildman–Crippen LogP) is 0.555. The van der Waals surface area contributed by atoms with Crippen LogP contribution in [0.4, 0.5) is 0 Å². The Hall–Kier alpha value is -1.88. The number of piperidine rings is 1. The van der Waals surface area contributed by atoms with Crippen LogP contribution in [0.2, 0.25) is 0 Å². The summed E-state index contributed by atoms with van der Waals surface area (Å²) in [4.78, 5) is 25.3. The molecule has 3 N–H and O–H groups in total. The SMILES string of the molecule is CCCNC(=O)[C@H](C)NC(=O)C[NH+]1CCC(Cc2ccccc2)CC1. The monoisotopic (exact) mass is 346 g/mol. The molecule has 25 heavy (non-hydrogen) atoms. The van der Waals surface area contributed by atoms with Crippen molar-refractivity contribution in [3.05, 3.63) is 35.9 Å². The van der Waals surface area contributed by atoms with Gasteiger partial charge in [-0.05, 0) is 44.1 Å². The molecule has 1 atom stereocenters. The quantitative estimate of drug-likeness (QED) is 0.644. The van der Waals surface area contributed by atoms with Crippen LogP contribution in [-0.2, 0) is 16.0 Å². The number of rotatable bonds is 8. The Kier molecular flexibility index (Phi) is 7.92. The molecule has 1 saturated heterocycles. The third-order valence-corrected chi connectivity index (χ3v) is 4.91. The van der Waals surface area contributed by atoms with Crippen molar-refractivity contribution in [2.75, 3.05) is 26.2 Å². The molecule has 5 nitrogen and oxygen atoms in total. The zero-order valence-corrected chi connectivity index (χ0v) is 15.5. The van der Waals surface area contributed by atoms with Gasteiger partial charge in [-0.3, -0.25) is 9.59 Å². The van der Waals surface area contributed by atoms with Crippen molar-refractivity contribution in [1.82, 2.24) is 10.6 Å². The molecule has 0 saturated carbocycles. The lowest BCUT2D eigenvalue weighted by atomic mass is 9.90. The van der Waals surface area contributed by atoms with Gasteiger partial charge in [-0.1, -0.05) is 37.3 Å². The van der Waals surface area contributed by atoms with E-state index in [0.717, 1.165) is 38.8 Å². The maximum absolute atomic E-state index is 12.2. The molecule has 138 valence electrons. The van der Waals surface area contributed by atoms with E-state index in [-0.39, 0.29) is 11.8 Å². The van der Waals surface area contributed by atoms with Gasteiger partial charge in [-0.2, -0.15) is 0 Å². The summed E-state index contributed by atoms with van der Waals surface area (Å²) in [6.07, 6.45) is 4.34. The highest BCUT2D eigenvalue weighted by atomic mass is 16.2. The fourth-order valence-electron chi connectivity index (χ4n) is 3.40. The van der Waals surface area contributed by atoms with Crippen molar-refractivity contribution in [2.24, 2.45) is 5.92 Å². The first-order chi connectivity index (χ1) is 12.1. The predicted molar refractivity (Wildman–Crippen MR) is 99.3 cm³/mol. The van der Waals surface area contributed by atoms with Crippen LogP contribution in [0.25, 0.3) is 0 Å². The number of hydrogen-bond acceptors (Lipinski definition) is 2. The molecule has 2 rings (SSSR count). The molecule has 0 unspecified atom stereocenters. The normalized spacial score (nSPS) is 21.4. The number of carbonyl (C=O) groups excluding carboxylic acids is 2. The van der Waals surface area contributed by atoms with Crippen LogP contribution in [0.15, 0.2) is 30.3 Å². The molecule has 1 aromatic carbocycles. The number of quaternary nitrogens is 1. The Morgan fingerprint density at radius 3 is 2.52 bits per heavy atom. The van der Waals surface area contributed by atoms with Crippen molar-refractivity contribution in [1.29, 1.82) is 0 Å². The molecule has 1 aliphatic rings. The van der Waals surface area contributed by atoms with Crippen LogP contribution in [0.3, 0.4) is 0 Å². The molecule has 0 bridgehead atoms.